The Hall–Kier alpha value is -1.17. The standard InChI is InChI=1S/C9H7F3N2S/c10-6-3-5(4-7(11)8(6)12)14-9-13-1-2-15-9/h3-4H,1-2H2,(H,13,14). The highest BCUT2D eigenvalue weighted by molar-refractivity contribution is 8.14. The van der Waals surface area contributed by atoms with Crippen LogP contribution < -0.4 is 5.32 Å². The summed E-state index contributed by atoms with van der Waals surface area (Å²) in [6.07, 6.45) is 0. The van der Waals surface area contributed by atoms with E-state index < -0.39 is 17.5 Å². The van der Waals surface area contributed by atoms with E-state index in [1.165, 1.54) is 11.8 Å². The molecule has 6 heteroatoms. The van der Waals surface area contributed by atoms with Crippen molar-refractivity contribution in [2.75, 3.05) is 17.6 Å². The van der Waals surface area contributed by atoms with Gasteiger partial charge in [-0.2, -0.15) is 0 Å². The molecule has 0 saturated carbocycles. The SMILES string of the molecule is Fc1cc(NC2=NCCS2)cc(F)c1F. The predicted molar refractivity (Wildman–Crippen MR) is 54.7 cm³/mol. The Morgan fingerprint density at radius 3 is 2.40 bits per heavy atom. The van der Waals surface area contributed by atoms with Crippen LogP contribution in [0.1, 0.15) is 0 Å². The lowest BCUT2D eigenvalue weighted by Gasteiger charge is -2.05. The van der Waals surface area contributed by atoms with Gasteiger partial charge in [0.2, 0.25) is 0 Å². The number of halogens is 3. The maximum atomic E-state index is 12.8. The first-order valence-corrected chi connectivity index (χ1v) is 5.24. The van der Waals surface area contributed by atoms with Crippen molar-refractivity contribution >= 4 is 22.6 Å². The summed E-state index contributed by atoms with van der Waals surface area (Å²) in [5.74, 6) is -3.03. The molecule has 15 heavy (non-hydrogen) atoms. The molecular formula is C9H7F3N2S. The maximum Gasteiger partial charge on any atom is 0.194 e. The number of anilines is 1. The second-order valence-corrected chi connectivity index (χ2v) is 4.00. The number of aliphatic imine (C=N–C) groups is 1. The molecule has 1 aromatic carbocycles. The van der Waals surface area contributed by atoms with Crippen LogP contribution in [0, 0.1) is 17.5 Å². The van der Waals surface area contributed by atoms with Crippen LogP contribution in [0.25, 0.3) is 0 Å². The molecule has 0 aromatic heterocycles. The molecule has 1 heterocycles. The normalized spacial score (nSPS) is 15.3. The van der Waals surface area contributed by atoms with Crippen molar-refractivity contribution in [2.45, 2.75) is 0 Å². The smallest absolute Gasteiger partial charge is 0.194 e. The van der Waals surface area contributed by atoms with Crippen LogP contribution in [-0.4, -0.2) is 17.5 Å². The van der Waals surface area contributed by atoms with Gasteiger partial charge in [-0.25, -0.2) is 13.2 Å². The summed E-state index contributed by atoms with van der Waals surface area (Å²) in [7, 11) is 0. The number of amidine groups is 1. The predicted octanol–water partition coefficient (Wildman–Crippen LogP) is 2.62. The van der Waals surface area contributed by atoms with Crippen molar-refractivity contribution in [3.05, 3.63) is 29.6 Å². The summed E-state index contributed by atoms with van der Waals surface area (Å²) >= 11 is 1.45. The first-order valence-electron chi connectivity index (χ1n) is 4.25. The van der Waals surface area contributed by atoms with Crippen molar-refractivity contribution in [1.82, 2.24) is 0 Å². The zero-order valence-corrected chi connectivity index (χ0v) is 8.37. The van der Waals surface area contributed by atoms with Crippen LogP contribution in [0.3, 0.4) is 0 Å². The highest BCUT2D eigenvalue weighted by atomic mass is 32.2. The molecule has 0 saturated heterocycles. The first kappa shape index (κ1) is 10.4. The molecule has 1 N–H and O–H groups in total. The lowest BCUT2D eigenvalue weighted by atomic mass is 10.3. The Balaban J connectivity index is 2.22. The second-order valence-electron chi connectivity index (χ2n) is 2.91. The zero-order chi connectivity index (χ0) is 10.8. The second kappa shape index (κ2) is 4.14. The van der Waals surface area contributed by atoms with Gasteiger partial charge in [0.25, 0.3) is 0 Å². The highest BCUT2D eigenvalue weighted by Crippen LogP contribution is 2.20. The molecule has 2 nitrogen and oxygen atoms in total. The van der Waals surface area contributed by atoms with Gasteiger partial charge in [0.1, 0.15) is 0 Å². The fraction of sp³-hybridized carbons (Fsp3) is 0.222. The summed E-state index contributed by atoms with van der Waals surface area (Å²) in [6, 6.07) is 1.81. The Kier molecular flexibility index (Phi) is 2.86. The van der Waals surface area contributed by atoms with Gasteiger partial charge in [0, 0.05) is 23.6 Å². The monoisotopic (exact) mass is 232 g/mol. The third-order valence-corrected chi connectivity index (χ3v) is 2.71. The van der Waals surface area contributed by atoms with Crippen LogP contribution in [0.5, 0.6) is 0 Å². The average molecular weight is 232 g/mol. The Morgan fingerprint density at radius 2 is 1.87 bits per heavy atom. The number of nitrogens with zero attached hydrogens (tertiary/aromatic N) is 1. The highest BCUT2D eigenvalue weighted by Gasteiger charge is 2.12. The van der Waals surface area contributed by atoms with E-state index in [0.717, 1.165) is 17.9 Å². The maximum absolute atomic E-state index is 12.8. The van der Waals surface area contributed by atoms with E-state index in [-0.39, 0.29) is 5.69 Å². The third kappa shape index (κ3) is 2.26. The molecule has 0 amide bonds. The molecule has 0 atom stereocenters. The molecule has 0 bridgehead atoms. The van der Waals surface area contributed by atoms with E-state index in [1.54, 1.807) is 0 Å². The topological polar surface area (TPSA) is 24.4 Å². The molecule has 1 aromatic rings. The van der Waals surface area contributed by atoms with Crippen molar-refractivity contribution in [2.24, 2.45) is 4.99 Å². The van der Waals surface area contributed by atoms with Crippen molar-refractivity contribution in [3.8, 4) is 0 Å². The Bertz CT molecular complexity index is 397. The average Bonchev–Trinajstić information content (AvgIpc) is 2.66. The molecule has 0 fully saturated rings. The number of hydrogen-bond donors (Lipinski definition) is 1. The summed E-state index contributed by atoms with van der Waals surface area (Å²) in [5, 5.41) is 3.31. The van der Waals surface area contributed by atoms with E-state index in [2.05, 4.69) is 10.3 Å². The van der Waals surface area contributed by atoms with E-state index in [4.69, 9.17) is 0 Å². The van der Waals surface area contributed by atoms with Crippen LogP contribution in [0.15, 0.2) is 17.1 Å². The lowest BCUT2D eigenvalue weighted by Crippen LogP contribution is -2.06. The molecule has 1 aliphatic rings. The number of thioether (sulfide) groups is 1. The molecule has 1 aliphatic heterocycles. The number of benzene rings is 1. The van der Waals surface area contributed by atoms with Crippen molar-refractivity contribution < 1.29 is 13.2 Å². The molecule has 0 unspecified atom stereocenters. The van der Waals surface area contributed by atoms with Crippen molar-refractivity contribution in [3.63, 3.8) is 0 Å². The first-order chi connectivity index (χ1) is 7.16. The fourth-order valence-corrected chi connectivity index (χ4v) is 1.91. The van der Waals surface area contributed by atoms with Gasteiger partial charge >= 0.3 is 0 Å². The number of nitrogens with one attached hydrogen (secondary N) is 1. The van der Waals surface area contributed by atoms with Gasteiger partial charge in [0.05, 0.1) is 6.54 Å². The summed E-state index contributed by atoms with van der Waals surface area (Å²) in [6.45, 7) is 0.680. The van der Waals surface area contributed by atoms with Gasteiger partial charge in [-0.3, -0.25) is 4.99 Å². The van der Waals surface area contributed by atoms with Crippen LogP contribution in [-0.2, 0) is 0 Å². The Morgan fingerprint density at radius 1 is 1.20 bits per heavy atom. The number of rotatable bonds is 1. The van der Waals surface area contributed by atoms with Gasteiger partial charge in [-0.1, -0.05) is 11.8 Å². The van der Waals surface area contributed by atoms with E-state index in [0.29, 0.717) is 11.7 Å². The van der Waals surface area contributed by atoms with Gasteiger partial charge in [0.15, 0.2) is 22.6 Å². The molecule has 0 radical (unpaired) electrons. The molecule has 0 aliphatic carbocycles. The molecule has 0 spiro atoms. The van der Waals surface area contributed by atoms with Crippen LogP contribution in [0.4, 0.5) is 18.9 Å². The van der Waals surface area contributed by atoms with E-state index in [1.807, 2.05) is 0 Å². The summed E-state index contributed by atoms with van der Waals surface area (Å²) in [5.41, 5.74) is 0.166. The summed E-state index contributed by atoms with van der Waals surface area (Å²) < 4.78 is 38.2. The van der Waals surface area contributed by atoms with E-state index >= 15 is 0 Å². The minimum absolute atomic E-state index is 0.166. The summed E-state index contributed by atoms with van der Waals surface area (Å²) in [4.78, 5) is 4.04. The minimum Gasteiger partial charge on any atom is -0.335 e. The largest absolute Gasteiger partial charge is 0.335 e. The van der Waals surface area contributed by atoms with Gasteiger partial charge in [-0.15, -0.1) is 0 Å². The third-order valence-electron chi connectivity index (χ3n) is 1.82. The van der Waals surface area contributed by atoms with Crippen LogP contribution >= 0.6 is 11.8 Å². The Labute approximate surface area is 88.6 Å². The number of hydrogen-bond acceptors (Lipinski definition) is 3. The fourth-order valence-electron chi connectivity index (χ4n) is 1.16. The molecule has 80 valence electrons. The quantitative estimate of drug-likeness (QED) is 0.753. The van der Waals surface area contributed by atoms with Gasteiger partial charge < -0.3 is 5.32 Å². The van der Waals surface area contributed by atoms with Crippen molar-refractivity contribution in [1.29, 1.82) is 0 Å². The van der Waals surface area contributed by atoms with Gasteiger partial charge in [-0.05, 0) is 0 Å². The van der Waals surface area contributed by atoms with E-state index in [9.17, 15) is 13.2 Å². The molecule has 2 rings (SSSR count). The zero-order valence-electron chi connectivity index (χ0n) is 7.56. The van der Waals surface area contributed by atoms with Crippen LogP contribution in [0.2, 0.25) is 0 Å². The minimum atomic E-state index is -1.46. The lowest BCUT2D eigenvalue weighted by molar-refractivity contribution is 0.448. The molecular weight excluding hydrogens is 225 g/mol.